The number of aryl methyl sites for hydroxylation is 2. The molecule has 4 heteroatoms. The number of allylic oxidation sites excluding steroid dienone is 2. The maximum atomic E-state index is 11.9. The van der Waals surface area contributed by atoms with Crippen molar-refractivity contribution in [3.05, 3.63) is 41.5 Å². The smallest absolute Gasteiger partial charge is 0.243 e. The van der Waals surface area contributed by atoms with Crippen molar-refractivity contribution in [2.24, 2.45) is 5.92 Å². The first-order chi connectivity index (χ1) is 10.1. The van der Waals surface area contributed by atoms with E-state index in [9.17, 15) is 9.59 Å². The molecule has 1 aromatic rings. The summed E-state index contributed by atoms with van der Waals surface area (Å²) >= 11 is 0. The molecule has 1 aliphatic carbocycles. The molecule has 0 aliphatic heterocycles. The molecular weight excluding hydrogens is 264 g/mol. The molecular formula is C17H22N2O2. The van der Waals surface area contributed by atoms with Crippen LogP contribution >= 0.6 is 0 Å². The number of carbonyl (C=O) groups excluding carboxylic acids is 2. The number of anilines is 1. The van der Waals surface area contributed by atoms with Crippen molar-refractivity contribution in [3.63, 3.8) is 0 Å². The van der Waals surface area contributed by atoms with E-state index >= 15 is 0 Å². The lowest BCUT2D eigenvalue weighted by Crippen LogP contribution is -2.33. The van der Waals surface area contributed by atoms with Crippen molar-refractivity contribution in [2.75, 3.05) is 11.9 Å². The van der Waals surface area contributed by atoms with Gasteiger partial charge in [-0.3, -0.25) is 9.59 Å². The highest BCUT2D eigenvalue weighted by Crippen LogP contribution is 2.20. The Hall–Kier alpha value is -2.10. The third-order valence-corrected chi connectivity index (χ3v) is 3.75. The van der Waals surface area contributed by atoms with Crippen molar-refractivity contribution in [2.45, 2.75) is 33.1 Å². The molecule has 1 atom stereocenters. The molecule has 0 saturated carbocycles. The molecule has 0 heterocycles. The number of para-hydroxylation sites is 1. The number of carbonyl (C=O) groups is 2. The maximum absolute atomic E-state index is 11.9. The maximum Gasteiger partial charge on any atom is 0.243 e. The zero-order valence-corrected chi connectivity index (χ0v) is 12.6. The molecule has 0 radical (unpaired) electrons. The summed E-state index contributed by atoms with van der Waals surface area (Å²) in [5.41, 5.74) is 2.87. The molecule has 2 N–H and O–H groups in total. The average molecular weight is 286 g/mol. The first kappa shape index (κ1) is 15.3. The molecule has 0 bridgehead atoms. The summed E-state index contributed by atoms with van der Waals surface area (Å²) in [6.07, 6.45) is 6.72. The molecule has 0 spiro atoms. The third-order valence-electron chi connectivity index (χ3n) is 3.75. The van der Waals surface area contributed by atoms with Crippen LogP contribution in [0.4, 0.5) is 5.69 Å². The normalized spacial score (nSPS) is 16.8. The van der Waals surface area contributed by atoms with E-state index in [0.29, 0.717) is 12.3 Å². The van der Waals surface area contributed by atoms with E-state index in [1.807, 2.05) is 32.0 Å². The van der Waals surface area contributed by atoms with Crippen molar-refractivity contribution in [3.8, 4) is 0 Å². The van der Waals surface area contributed by atoms with E-state index in [1.54, 1.807) is 0 Å². The SMILES string of the molecule is Cc1cccc(C)c1NC(=O)CNC(=O)CC1C=CCC1. The van der Waals surface area contributed by atoms with Crippen LogP contribution in [0.2, 0.25) is 0 Å². The lowest BCUT2D eigenvalue weighted by molar-refractivity contribution is -0.124. The van der Waals surface area contributed by atoms with E-state index in [1.165, 1.54) is 0 Å². The second kappa shape index (κ2) is 7.07. The van der Waals surface area contributed by atoms with Gasteiger partial charge >= 0.3 is 0 Å². The fourth-order valence-electron chi connectivity index (χ4n) is 2.55. The van der Waals surface area contributed by atoms with Crippen molar-refractivity contribution >= 4 is 17.5 Å². The Bertz CT molecular complexity index is 544. The van der Waals surface area contributed by atoms with Crippen LogP contribution in [0.5, 0.6) is 0 Å². The Balaban J connectivity index is 1.79. The molecule has 2 amide bonds. The van der Waals surface area contributed by atoms with E-state index in [2.05, 4.69) is 22.8 Å². The first-order valence-corrected chi connectivity index (χ1v) is 7.35. The minimum absolute atomic E-state index is 0.0169. The van der Waals surface area contributed by atoms with Gasteiger partial charge in [0.2, 0.25) is 11.8 Å². The summed E-state index contributed by atoms with van der Waals surface area (Å²) in [6.45, 7) is 3.92. The van der Waals surface area contributed by atoms with Crippen LogP contribution in [-0.2, 0) is 9.59 Å². The fourth-order valence-corrected chi connectivity index (χ4v) is 2.55. The van der Waals surface area contributed by atoms with Gasteiger partial charge in [0.1, 0.15) is 0 Å². The number of amides is 2. The highest BCUT2D eigenvalue weighted by molar-refractivity contribution is 5.95. The minimum atomic E-state index is -0.192. The van der Waals surface area contributed by atoms with Crippen molar-refractivity contribution in [1.29, 1.82) is 0 Å². The highest BCUT2D eigenvalue weighted by atomic mass is 16.2. The summed E-state index contributed by atoms with van der Waals surface area (Å²) in [5.74, 6) is 0.0672. The van der Waals surface area contributed by atoms with Gasteiger partial charge in [-0.25, -0.2) is 0 Å². The molecule has 0 aromatic heterocycles. The molecule has 21 heavy (non-hydrogen) atoms. The Morgan fingerprint density at radius 3 is 2.52 bits per heavy atom. The molecule has 0 fully saturated rings. The molecule has 1 unspecified atom stereocenters. The predicted octanol–water partition coefficient (Wildman–Crippen LogP) is 2.71. The molecule has 4 nitrogen and oxygen atoms in total. The zero-order valence-electron chi connectivity index (χ0n) is 12.6. The number of rotatable bonds is 5. The number of benzene rings is 1. The molecule has 2 rings (SSSR count). The summed E-state index contributed by atoms with van der Waals surface area (Å²) in [6, 6.07) is 5.86. The van der Waals surface area contributed by atoms with Gasteiger partial charge in [-0.1, -0.05) is 30.4 Å². The van der Waals surface area contributed by atoms with Gasteiger partial charge in [0.15, 0.2) is 0 Å². The molecule has 1 aliphatic rings. The van der Waals surface area contributed by atoms with Crippen LogP contribution in [0.1, 0.15) is 30.4 Å². The highest BCUT2D eigenvalue weighted by Gasteiger charge is 2.15. The predicted molar refractivity (Wildman–Crippen MR) is 84.0 cm³/mol. The summed E-state index contributed by atoms with van der Waals surface area (Å²) < 4.78 is 0. The molecule has 1 aromatic carbocycles. The van der Waals surface area contributed by atoms with Gasteiger partial charge in [0, 0.05) is 12.1 Å². The topological polar surface area (TPSA) is 58.2 Å². The van der Waals surface area contributed by atoms with Crippen LogP contribution in [0.3, 0.4) is 0 Å². The largest absolute Gasteiger partial charge is 0.347 e. The van der Waals surface area contributed by atoms with E-state index in [4.69, 9.17) is 0 Å². The second-order valence-electron chi connectivity index (χ2n) is 5.56. The lowest BCUT2D eigenvalue weighted by Gasteiger charge is -2.12. The summed E-state index contributed by atoms with van der Waals surface area (Å²) in [5, 5.41) is 5.54. The van der Waals surface area contributed by atoms with Crippen LogP contribution in [0, 0.1) is 19.8 Å². The van der Waals surface area contributed by atoms with E-state index < -0.39 is 0 Å². The van der Waals surface area contributed by atoms with Gasteiger partial charge in [0.05, 0.1) is 6.54 Å². The molecule has 112 valence electrons. The quantitative estimate of drug-likeness (QED) is 0.818. The second-order valence-corrected chi connectivity index (χ2v) is 5.56. The van der Waals surface area contributed by atoms with Crippen LogP contribution in [0.25, 0.3) is 0 Å². The first-order valence-electron chi connectivity index (χ1n) is 7.35. The Labute approximate surface area is 125 Å². The number of nitrogens with one attached hydrogen (secondary N) is 2. The van der Waals surface area contributed by atoms with Crippen LogP contribution < -0.4 is 10.6 Å². The number of hydrogen-bond donors (Lipinski definition) is 2. The lowest BCUT2D eigenvalue weighted by atomic mass is 10.1. The Kier molecular flexibility index (Phi) is 5.14. The fraction of sp³-hybridized carbons (Fsp3) is 0.412. The Morgan fingerprint density at radius 1 is 1.19 bits per heavy atom. The third kappa shape index (κ3) is 4.45. The zero-order chi connectivity index (χ0) is 15.2. The van der Waals surface area contributed by atoms with E-state index in [-0.39, 0.29) is 18.4 Å². The van der Waals surface area contributed by atoms with Crippen LogP contribution in [0.15, 0.2) is 30.4 Å². The average Bonchev–Trinajstić information content (AvgIpc) is 2.94. The monoisotopic (exact) mass is 286 g/mol. The van der Waals surface area contributed by atoms with Crippen LogP contribution in [-0.4, -0.2) is 18.4 Å². The summed E-state index contributed by atoms with van der Waals surface area (Å²) in [7, 11) is 0. The van der Waals surface area contributed by atoms with Gasteiger partial charge < -0.3 is 10.6 Å². The van der Waals surface area contributed by atoms with Gasteiger partial charge in [-0.15, -0.1) is 0 Å². The molecule has 0 saturated heterocycles. The van der Waals surface area contributed by atoms with Gasteiger partial charge in [0.25, 0.3) is 0 Å². The van der Waals surface area contributed by atoms with Gasteiger partial charge in [-0.05, 0) is 43.7 Å². The number of hydrogen-bond acceptors (Lipinski definition) is 2. The van der Waals surface area contributed by atoms with Crippen molar-refractivity contribution < 1.29 is 9.59 Å². The Morgan fingerprint density at radius 2 is 1.90 bits per heavy atom. The van der Waals surface area contributed by atoms with Gasteiger partial charge in [-0.2, -0.15) is 0 Å². The van der Waals surface area contributed by atoms with E-state index in [0.717, 1.165) is 29.7 Å². The summed E-state index contributed by atoms with van der Waals surface area (Å²) in [4.78, 5) is 23.7. The standard InChI is InChI=1S/C17H22N2O2/c1-12-6-5-7-13(2)17(12)19-16(21)11-18-15(20)10-14-8-3-4-9-14/h3,5-8,14H,4,9-11H2,1-2H3,(H,18,20)(H,19,21). The van der Waals surface area contributed by atoms with Crippen molar-refractivity contribution in [1.82, 2.24) is 5.32 Å². The minimum Gasteiger partial charge on any atom is -0.347 e.